The molecule has 0 spiro atoms. The van der Waals surface area contributed by atoms with Crippen molar-refractivity contribution in [2.24, 2.45) is 5.92 Å². The second-order valence-corrected chi connectivity index (χ2v) is 15.5. The molecule has 0 saturated carbocycles. The molecule has 2 amide bonds. The summed E-state index contributed by atoms with van der Waals surface area (Å²) in [5.41, 5.74) is 7.65. The van der Waals surface area contributed by atoms with Crippen LogP contribution in [0.25, 0.3) is 11.1 Å². The predicted molar refractivity (Wildman–Crippen MR) is 224 cm³/mol. The fraction of sp³-hybridized carbons (Fsp3) is 0.435. The van der Waals surface area contributed by atoms with Crippen molar-refractivity contribution >= 4 is 23.5 Å². The van der Waals surface area contributed by atoms with E-state index in [0.29, 0.717) is 73.6 Å². The highest BCUT2D eigenvalue weighted by Crippen LogP contribution is 2.35. The number of aryl methyl sites for hydroxylation is 2. The molecule has 1 saturated heterocycles. The van der Waals surface area contributed by atoms with Crippen LogP contribution in [-0.2, 0) is 27.4 Å². The number of nitrogens with zero attached hydrogens (tertiary/aromatic N) is 2. The molecule has 12 nitrogen and oxygen atoms in total. The van der Waals surface area contributed by atoms with Gasteiger partial charge in [0, 0.05) is 73.4 Å². The van der Waals surface area contributed by atoms with Gasteiger partial charge in [0.25, 0.3) is 17.4 Å². The van der Waals surface area contributed by atoms with Crippen molar-refractivity contribution in [3.63, 3.8) is 0 Å². The maximum atomic E-state index is 13.9. The highest BCUT2D eigenvalue weighted by atomic mass is 16.5. The number of hydrogen-bond donors (Lipinski definition) is 2. The standard InChI is InChI=1S/C46H56N4O8/c1-8-49(35-16-20-56-21-17-35)41-24-34(23-38(31(41)6)43(51)47-26-40-29(4)22-30(5)48-44(40)52)32-10-13-36(14-11-32)57-18-9-19-58-37-15-12-33-27-50(45(53)39(33)25-37)42(28(2)3)46(54)55-7/h10-15,22-25,28,35,42H,8-9,16-21,26-27H2,1-7H3,(H,47,51)(H,48,52). The normalized spacial score (nSPS) is 14.6. The highest BCUT2D eigenvalue weighted by molar-refractivity contribution is 6.01. The minimum atomic E-state index is -0.652. The number of esters is 1. The van der Waals surface area contributed by atoms with Crippen molar-refractivity contribution in [1.29, 1.82) is 0 Å². The first-order valence-corrected chi connectivity index (χ1v) is 20.2. The molecule has 4 aromatic rings. The predicted octanol–water partition coefficient (Wildman–Crippen LogP) is 6.90. The quantitative estimate of drug-likeness (QED) is 0.0916. The largest absolute Gasteiger partial charge is 0.493 e. The van der Waals surface area contributed by atoms with Crippen LogP contribution < -0.4 is 25.2 Å². The third-order valence-corrected chi connectivity index (χ3v) is 11.2. The van der Waals surface area contributed by atoms with Crippen LogP contribution in [-0.4, -0.2) is 79.8 Å². The topological polar surface area (TPSA) is 139 Å². The monoisotopic (exact) mass is 792 g/mol. The molecule has 1 aromatic heterocycles. The third kappa shape index (κ3) is 9.39. The maximum Gasteiger partial charge on any atom is 0.328 e. The third-order valence-electron chi connectivity index (χ3n) is 11.2. The Morgan fingerprint density at radius 2 is 1.62 bits per heavy atom. The van der Waals surface area contributed by atoms with E-state index in [1.807, 2.05) is 83.1 Å². The van der Waals surface area contributed by atoms with Gasteiger partial charge in [-0.1, -0.05) is 32.0 Å². The Morgan fingerprint density at radius 1 is 0.931 bits per heavy atom. The minimum absolute atomic E-state index is 0.0903. The molecule has 0 aliphatic carbocycles. The summed E-state index contributed by atoms with van der Waals surface area (Å²) in [5, 5.41) is 3.02. The molecular formula is C46H56N4O8. The average molecular weight is 793 g/mol. The fourth-order valence-corrected chi connectivity index (χ4v) is 8.07. The number of ether oxygens (including phenoxy) is 4. The molecule has 2 N–H and O–H groups in total. The molecule has 0 bridgehead atoms. The second-order valence-electron chi connectivity index (χ2n) is 15.5. The molecule has 2 aliphatic rings. The summed E-state index contributed by atoms with van der Waals surface area (Å²) in [6.07, 6.45) is 2.44. The minimum Gasteiger partial charge on any atom is -0.493 e. The van der Waals surface area contributed by atoms with Gasteiger partial charge in [0.1, 0.15) is 17.5 Å². The molecule has 2 aliphatic heterocycles. The SMILES string of the molecule is CCN(c1cc(-c2ccc(OCCCOc3ccc4c(c3)C(=O)N(C(C(=O)OC)C(C)C)C4)cc2)cc(C(=O)NCc2c(C)cc(C)[nH]c2=O)c1C)C1CCOCC1. The Bertz CT molecular complexity index is 2170. The number of aromatic amines is 1. The Morgan fingerprint density at radius 3 is 2.28 bits per heavy atom. The number of carbonyl (C=O) groups is 3. The van der Waals surface area contributed by atoms with E-state index in [1.54, 1.807) is 11.0 Å². The zero-order valence-electron chi connectivity index (χ0n) is 34.7. The van der Waals surface area contributed by atoms with Gasteiger partial charge in [0.15, 0.2) is 0 Å². The zero-order chi connectivity index (χ0) is 41.5. The van der Waals surface area contributed by atoms with Crippen molar-refractivity contribution < 1.29 is 33.3 Å². The highest BCUT2D eigenvalue weighted by Gasteiger charge is 2.39. The number of H-pyrrole nitrogens is 1. The van der Waals surface area contributed by atoms with Crippen LogP contribution in [0.5, 0.6) is 11.5 Å². The fourth-order valence-electron chi connectivity index (χ4n) is 8.07. The molecule has 0 radical (unpaired) electrons. The lowest BCUT2D eigenvalue weighted by molar-refractivity contribution is -0.147. The van der Waals surface area contributed by atoms with Gasteiger partial charge in [-0.05, 0) is 117 Å². The molecule has 58 heavy (non-hydrogen) atoms. The Balaban J connectivity index is 1.11. The van der Waals surface area contributed by atoms with Crippen molar-refractivity contribution in [1.82, 2.24) is 15.2 Å². The van der Waals surface area contributed by atoms with Crippen molar-refractivity contribution in [2.45, 2.75) is 86.0 Å². The van der Waals surface area contributed by atoms with E-state index in [1.165, 1.54) is 7.11 Å². The molecule has 1 unspecified atom stereocenters. The number of anilines is 1. The zero-order valence-corrected chi connectivity index (χ0v) is 34.7. The summed E-state index contributed by atoms with van der Waals surface area (Å²) in [5.74, 6) is 0.337. The van der Waals surface area contributed by atoms with Gasteiger partial charge in [-0.25, -0.2) is 4.79 Å². The summed E-state index contributed by atoms with van der Waals surface area (Å²) in [4.78, 5) is 59.1. The first-order chi connectivity index (χ1) is 27.9. The van der Waals surface area contributed by atoms with Gasteiger partial charge in [0.2, 0.25) is 0 Å². The lowest BCUT2D eigenvalue weighted by atomic mass is 9.95. The summed E-state index contributed by atoms with van der Waals surface area (Å²) >= 11 is 0. The summed E-state index contributed by atoms with van der Waals surface area (Å²) < 4.78 is 22.7. The Hall–Kier alpha value is -5.62. The van der Waals surface area contributed by atoms with E-state index >= 15 is 0 Å². The van der Waals surface area contributed by atoms with Crippen molar-refractivity contribution in [3.8, 4) is 22.6 Å². The first-order valence-electron chi connectivity index (χ1n) is 20.2. The number of benzene rings is 3. The van der Waals surface area contributed by atoms with E-state index in [0.717, 1.165) is 58.6 Å². The van der Waals surface area contributed by atoms with Crippen LogP contribution in [0.1, 0.15) is 88.7 Å². The number of carbonyl (C=O) groups excluding carboxylic acids is 3. The summed E-state index contributed by atoms with van der Waals surface area (Å²) in [7, 11) is 1.34. The van der Waals surface area contributed by atoms with Gasteiger partial charge in [-0.2, -0.15) is 0 Å². The van der Waals surface area contributed by atoms with Crippen LogP contribution in [0.15, 0.2) is 65.5 Å². The van der Waals surface area contributed by atoms with Gasteiger partial charge in [-0.3, -0.25) is 14.4 Å². The number of pyridine rings is 1. The van der Waals surface area contributed by atoms with Crippen LogP contribution >= 0.6 is 0 Å². The van der Waals surface area contributed by atoms with E-state index in [2.05, 4.69) is 28.2 Å². The van der Waals surface area contributed by atoms with E-state index in [9.17, 15) is 19.2 Å². The smallest absolute Gasteiger partial charge is 0.328 e. The number of aromatic nitrogens is 1. The molecule has 308 valence electrons. The van der Waals surface area contributed by atoms with Gasteiger partial charge in [0.05, 0.1) is 20.3 Å². The average Bonchev–Trinajstić information content (AvgIpc) is 3.52. The number of nitrogens with one attached hydrogen (secondary N) is 2. The molecule has 3 heterocycles. The van der Waals surface area contributed by atoms with E-state index < -0.39 is 12.0 Å². The lowest BCUT2D eigenvalue weighted by Crippen LogP contribution is -2.45. The number of hydrogen-bond acceptors (Lipinski definition) is 9. The van der Waals surface area contributed by atoms with Crippen LogP contribution in [0.2, 0.25) is 0 Å². The van der Waals surface area contributed by atoms with Crippen molar-refractivity contribution in [2.75, 3.05) is 45.0 Å². The molecule has 12 heteroatoms. The Labute approximate surface area is 340 Å². The van der Waals surface area contributed by atoms with Crippen LogP contribution in [0, 0.1) is 26.7 Å². The second kappa shape index (κ2) is 18.8. The lowest BCUT2D eigenvalue weighted by Gasteiger charge is -2.37. The van der Waals surface area contributed by atoms with Crippen LogP contribution in [0.3, 0.4) is 0 Å². The summed E-state index contributed by atoms with van der Waals surface area (Å²) in [6.45, 7) is 15.1. The van der Waals surface area contributed by atoms with Crippen LogP contribution in [0.4, 0.5) is 5.69 Å². The van der Waals surface area contributed by atoms with Gasteiger partial charge >= 0.3 is 5.97 Å². The molecule has 6 rings (SSSR count). The summed E-state index contributed by atoms with van der Waals surface area (Å²) in [6, 6.07) is 19.0. The molecule has 1 atom stereocenters. The number of amides is 2. The molecule has 3 aromatic carbocycles. The van der Waals surface area contributed by atoms with Gasteiger partial charge in [-0.15, -0.1) is 0 Å². The van der Waals surface area contributed by atoms with Gasteiger partial charge < -0.3 is 39.0 Å². The van der Waals surface area contributed by atoms with E-state index in [4.69, 9.17) is 18.9 Å². The number of fused-ring (bicyclic) bond motifs is 1. The Kier molecular flexibility index (Phi) is 13.6. The first kappa shape index (κ1) is 42.0. The molecular weight excluding hydrogens is 737 g/mol. The van der Waals surface area contributed by atoms with Crippen molar-refractivity contribution in [3.05, 3.63) is 110 Å². The van der Waals surface area contributed by atoms with E-state index in [-0.39, 0.29) is 29.8 Å². The maximum absolute atomic E-state index is 13.9. The molecule has 1 fully saturated rings. The number of methoxy groups -OCH3 is 1. The number of rotatable bonds is 16.